The molecule has 0 aliphatic heterocycles. The molecule has 3 rings (SSSR count). The van der Waals surface area contributed by atoms with Gasteiger partial charge in [0.15, 0.2) is 5.78 Å². The van der Waals surface area contributed by atoms with E-state index in [1.54, 1.807) is 6.08 Å². The minimum atomic E-state index is 0.204. The van der Waals surface area contributed by atoms with E-state index in [1.165, 1.54) is 0 Å². The van der Waals surface area contributed by atoms with Crippen molar-refractivity contribution in [2.45, 2.75) is 12.8 Å². The predicted octanol–water partition coefficient (Wildman–Crippen LogP) is 1.71. The minimum Gasteiger partial charge on any atom is -0.294 e. The third kappa shape index (κ3) is 0.821. The standard InChI is InChI=1S/C9H10O/c10-9-6-3-7-1-4-8(9)5-2-7/h1,3-4,6-8H,2,5H2. The summed E-state index contributed by atoms with van der Waals surface area (Å²) >= 11 is 0. The average Bonchev–Trinajstić information content (AvgIpc) is 2.24. The number of ketones is 1. The van der Waals surface area contributed by atoms with Crippen molar-refractivity contribution in [1.29, 1.82) is 0 Å². The quantitative estimate of drug-likeness (QED) is 0.461. The van der Waals surface area contributed by atoms with Crippen LogP contribution >= 0.6 is 0 Å². The van der Waals surface area contributed by atoms with Crippen LogP contribution in [0.25, 0.3) is 0 Å². The predicted molar refractivity (Wildman–Crippen MR) is 39.5 cm³/mol. The molecule has 1 heteroatoms. The van der Waals surface area contributed by atoms with Gasteiger partial charge in [0, 0.05) is 5.92 Å². The molecule has 1 nitrogen and oxygen atoms in total. The summed E-state index contributed by atoms with van der Waals surface area (Å²) in [6, 6.07) is 0. The zero-order chi connectivity index (χ0) is 6.97. The number of hydrogen-bond acceptors (Lipinski definition) is 1. The maximum Gasteiger partial charge on any atom is 0.162 e. The lowest BCUT2D eigenvalue weighted by molar-refractivity contribution is -0.117. The van der Waals surface area contributed by atoms with E-state index in [1.807, 2.05) is 6.08 Å². The normalized spacial score (nSPS) is 36.6. The van der Waals surface area contributed by atoms with Crippen molar-refractivity contribution in [3.8, 4) is 0 Å². The van der Waals surface area contributed by atoms with E-state index in [2.05, 4.69) is 12.2 Å². The number of carbonyl (C=O) groups excluding carboxylic acids is 1. The van der Waals surface area contributed by atoms with Crippen molar-refractivity contribution in [2.75, 3.05) is 0 Å². The number of hydrogen-bond donors (Lipinski definition) is 0. The third-order valence-corrected chi connectivity index (χ3v) is 2.27. The summed E-state index contributed by atoms with van der Waals surface area (Å²) in [5, 5.41) is 0. The van der Waals surface area contributed by atoms with Crippen LogP contribution in [0.15, 0.2) is 24.3 Å². The molecule has 0 spiro atoms. The highest BCUT2D eigenvalue weighted by molar-refractivity contribution is 5.93. The summed E-state index contributed by atoms with van der Waals surface area (Å²) in [6.45, 7) is 0. The van der Waals surface area contributed by atoms with Gasteiger partial charge in [-0.25, -0.2) is 0 Å². The highest BCUT2D eigenvalue weighted by Crippen LogP contribution is 2.27. The van der Waals surface area contributed by atoms with Gasteiger partial charge in [-0.15, -0.1) is 0 Å². The minimum absolute atomic E-state index is 0.204. The first-order valence-electron chi connectivity index (χ1n) is 3.76. The molecule has 0 aromatic rings. The fourth-order valence-electron chi connectivity index (χ4n) is 1.58. The van der Waals surface area contributed by atoms with Gasteiger partial charge in [-0.2, -0.15) is 0 Å². The highest BCUT2D eigenvalue weighted by atomic mass is 16.1. The van der Waals surface area contributed by atoms with Gasteiger partial charge in [0.25, 0.3) is 0 Å². The maximum atomic E-state index is 11.1. The Morgan fingerprint density at radius 2 is 2.10 bits per heavy atom. The van der Waals surface area contributed by atoms with Crippen LogP contribution in [0.1, 0.15) is 12.8 Å². The van der Waals surface area contributed by atoms with Crippen LogP contribution < -0.4 is 0 Å². The Hall–Kier alpha value is -0.850. The Bertz CT molecular complexity index is 213. The van der Waals surface area contributed by atoms with Crippen molar-refractivity contribution in [2.24, 2.45) is 11.8 Å². The first kappa shape index (κ1) is 5.90. The zero-order valence-electron chi connectivity index (χ0n) is 5.79. The van der Waals surface area contributed by atoms with E-state index < -0.39 is 0 Å². The lowest BCUT2D eigenvalue weighted by Crippen LogP contribution is -2.10. The molecule has 2 bridgehead atoms. The molecule has 52 valence electrons. The number of rotatable bonds is 0. The molecule has 0 amide bonds. The van der Waals surface area contributed by atoms with Gasteiger partial charge in [0.1, 0.15) is 0 Å². The van der Waals surface area contributed by atoms with Crippen LogP contribution in [-0.4, -0.2) is 5.78 Å². The van der Waals surface area contributed by atoms with Gasteiger partial charge in [-0.1, -0.05) is 18.2 Å². The maximum absolute atomic E-state index is 11.1. The summed E-state index contributed by atoms with van der Waals surface area (Å²) in [5.41, 5.74) is 0. The topological polar surface area (TPSA) is 17.1 Å². The molecular formula is C9H10O. The molecule has 0 N–H and O–H groups in total. The van der Waals surface area contributed by atoms with Crippen LogP contribution in [0.3, 0.4) is 0 Å². The van der Waals surface area contributed by atoms with Crippen molar-refractivity contribution in [3.63, 3.8) is 0 Å². The summed E-state index contributed by atoms with van der Waals surface area (Å²) in [4.78, 5) is 11.1. The second-order valence-electron chi connectivity index (χ2n) is 2.99. The lowest BCUT2D eigenvalue weighted by Gasteiger charge is -2.13. The molecule has 0 fully saturated rings. The molecule has 2 atom stereocenters. The summed E-state index contributed by atoms with van der Waals surface area (Å²) in [5.74, 6) is 1.04. The van der Waals surface area contributed by atoms with Crippen LogP contribution in [0.5, 0.6) is 0 Å². The van der Waals surface area contributed by atoms with Crippen LogP contribution in [0.2, 0.25) is 0 Å². The molecule has 0 heterocycles. The molecule has 0 aromatic carbocycles. The van der Waals surface area contributed by atoms with Gasteiger partial charge in [0.05, 0.1) is 0 Å². The van der Waals surface area contributed by atoms with Crippen LogP contribution in [0.4, 0.5) is 0 Å². The fraction of sp³-hybridized carbons (Fsp3) is 0.444. The van der Waals surface area contributed by atoms with Crippen molar-refractivity contribution < 1.29 is 4.79 Å². The first-order valence-corrected chi connectivity index (χ1v) is 3.76. The molecule has 3 aliphatic carbocycles. The second-order valence-corrected chi connectivity index (χ2v) is 2.99. The SMILES string of the molecule is O=C1C=CC2C=CC1CC2. The van der Waals surface area contributed by atoms with Gasteiger partial charge in [-0.3, -0.25) is 4.79 Å². The van der Waals surface area contributed by atoms with Crippen LogP contribution in [0, 0.1) is 11.8 Å². The van der Waals surface area contributed by atoms with Gasteiger partial charge in [0.2, 0.25) is 0 Å². The summed E-state index contributed by atoms with van der Waals surface area (Å²) < 4.78 is 0. The van der Waals surface area contributed by atoms with Gasteiger partial charge >= 0.3 is 0 Å². The van der Waals surface area contributed by atoms with Gasteiger partial charge < -0.3 is 0 Å². The molecular weight excluding hydrogens is 124 g/mol. The lowest BCUT2D eigenvalue weighted by atomic mass is 9.90. The number of allylic oxidation sites excluding steroid dienone is 4. The van der Waals surface area contributed by atoms with E-state index in [-0.39, 0.29) is 11.7 Å². The molecule has 3 aliphatic rings. The van der Waals surface area contributed by atoms with E-state index >= 15 is 0 Å². The van der Waals surface area contributed by atoms with Crippen molar-refractivity contribution in [3.05, 3.63) is 24.3 Å². The Labute approximate surface area is 60.4 Å². The van der Waals surface area contributed by atoms with Crippen molar-refractivity contribution >= 4 is 5.78 Å². The number of carbonyl (C=O) groups is 1. The molecule has 0 saturated carbocycles. The molecule has 0 saturated heterocycles. The second kappa shape index (κ2) is 2.08. The number of fused-ring (bicyclic) bond motifs is 2. The first-order chi connectivity index (χ1) is 4.86. The van der Waals surface area contributed by atoms with Gasteiger partial charge in [-0.05, 0) is 24.8 Å². The average molecular weight is 134 g/mol. The molecule has 10 heavy (non-hydrogen) atoms. The molecule has 0 aromatic heterocycles. The fourth-order valence-corrected chi connectivity index (χ4v) is 1.58. The molecule has 2 unspecified atom stereocenters. The summed E-state index contributed by atoms with van der Waals surface area (Å²) in [7, 11) is 0. The van der Waals surface area contributed by atoms with E-state index in [4.69, 9.17) is 0 Å². The van der Waals surface area contributed by atoms with Crippen LogP contribution in [-0.2, 0) is 4.79 Å². The zero-order valence-corrected chi connectivity index (χ0v) is 5.79. The van der Waals surface area contributed by atoms with E-state index in [9.17, 15) is 4.79 Å². The Morgan fingerprint density at radius 3 is 2.80 bits per heavy atom. The Morgan fingerprint density at radius 1 is 1.20 bits per heavy atom. The van der Waals surface area contributed by atoms with Crippen molar-refractivity contribution in [1.82, 2.24) is 0 Å². The van der Waals surface area contributed by atoms with E-state index in [0.717, 1.165) is 12.8 Å². The third-order valence-electron chi connectivity index (χ3n) is 2.27. The smallest absolute Gasteiger partial charge is 0.162 e. The Kier molecular flexibility index (Phi) is 1.23. The van der Waals surface area contributed by atoms with E-state index in [0.29, 0.717) is 5.92 Å². The molecule has 0 radical (unpaired) electrons. The summed E-state index contributed by atoms with van der Waals surface area (Å²) in [6.07, 6.45) is 10.2. The largest absolute Gasteiger partial charge is 0.294 e. The highest BCUT2D eigenvalue weighted by Gasteiger charge is 2.21. The Balaban J connectivity index is 2.37. The monoisotopic (exact) mass is 134 g/mol.